The summed E-state index contributed by atoms with van der Waals surface area (Å²) in [6.07, 6.45) is 1.78. The summed E-state index contributed by atoms with van der Waals surface area (Å²) in [5, 5.41) is 8.66. The second kappa shape index (κ2) is 4.96. The molecular formula is C11H17NO2. The number of aromatic nitrogens is 1. The van der Waals surface area contributed by atoms with Crippen LogP contribution in [0.15, 0.2) is 12.3 Å². The first kappa shape index (κ1) is 11.0. The van der Waals surface area contributed by atoms with Crippen LogP contribution in [-0.2, 0) is 0 Å². The van der Waals surface area contributed by atoms with E-state index in [1.807, 2.05) is 6.92 Å². The Morgan fingerprint density at radius 2 is 2.21 bits per heavy atom. The zero-order chi connectivity index (χ0) is 10.6. The van der Waals surface area contributed by atoms with E-state index in [1.54, 1.807) is 6.20 Å². The van der Waals surface area contributed by atoms with Gasteiger partial charge >= 0.3 is 0 Å². The van der Waals surface area contributed by atoms with Gasteiger partial charge in [-0.15, -0.1) is 0 Å². The number of aliphatic hydroxyl groups excluding tert-OH is 1. The fourth-order valence-corrected chi connectivity index (χ4v) is 1.26. The van der Waals surface area contributed by atoms with Gasteiger partial charge in [-0.2, -0.15) is 0 Å². The maximum atomic E-state index is 8.66. The van der Waals surface area contributed by atoms with E-state index in [1.165, 1.54) is 0 Å². The molecule has 1 N–H and O–H groups in total. The van der Waals surface area contributed by atoms with Crippen molar-refractivity contribution in [3.63, 3.8) is 0 Å². The summed E-state index contributed by atoms with van der Waals surface area (Å²) in [4.78, 5) is 4.20. The van der Waals surface area contributed by atoms with Crippen molar-refractivity contribution < 1.29 is 9.84 Å². The summed E-state index contributed by atoms with van der Waals surface area (Å²) in [6.45, 7) is 6.53. The largest absolute Gasteiger partial charge is 0.475 e. The zero-order valence-corrected chi connectivity index (χ0v) is 8.95. The average Bonchev–Trinajstić information content (AvgIpc) is 2.15. The molecule has 0 saturated carbocycles. The standard InChI is InChI=1S/C11H17NO2/c1-8(2)10-6-9(3)7-12-11(10)14-5-4-13/h6-8,13H,4-5H2,1-3H3. The van der Waals surface area contributed by atoms with Crippen molar-refractivity contribution >= 4 is 0 Å². The van der Waals surface area contributed by atoms with Gasteiger partial charge in [0.05, 0.1) is 6.61 Å². The highest BCUT2D eigenvalue weighted by atomic mass is 16.5. The molecule has 3 nitrogen and oxygen atoms in total. The van der Waals surface area contributed by atoms with E-state index < -0.39 is 0 Å². The Bertz CT molecular complexity index is 297. The molecule has 78 valence electrons. The SMILES string of the molecule is Cc1cnc(OCCO)c(C(C)C)c1. The molecule has 0 fully saturated rings. The fraction of sp³-hybridized carbons (Fsp3) is 0.545. The van der Waals surface area contributed by atoms with E-state index in [0.29, 0.717) is 18.4 Å². The predicted molar refractivity (Wildman–Crippen MR) is 55.6 cm³/mol. The Hall–Kier alpha value is -1.09. The third-order valence-electron chi connectivity index (χ3n) is 1.97. The third kappa shape index (κ3) is 2.70. The lowest BCUT2D eigenvalue weighted by Gasteiger charge is -2.12. The summed E-state index contributed by atoms with van der Waals surface area (Å²) in [5.41, 5.74) is 2.23. The lowest BCUT2D eigenvalue weighted by Crippen LogP contribution is -2.06. The summed E-state index contributed by atoms with van der Waals surface area (Å²) in [7, 11) is 0. The maximum absolute atomic E-state index is 8.66. The highest BCUT2D eigenvalue weighted by Crippen LogP contribution is 2.24. The number of pyridine rings is 1. The Morgan fingerprint density at radius 3 is 2.79 bits per heavy atom. The van der Waals surface area contributed by atoms with Gasteiger partial charge in [0.25, 0.3) is 0 Å². The van der Waals surface area contributed by atoms with Gasteiger partial charge in [0.2, 0.25) is 5.88 Å². The fourth-order valence-electron chi connectivity index (χ4n) is 1.26. The van der Waals surface area contributed by atoms with Gasteiger partial charge in [-0.3, -0.25) is 0 Å². The van der Waals surface area contributed by atoms with Gasteiger partial charge in [-0.25, -0.2) is 4.98 Å². The van der Waals surface area contributed by atoms with Gasteiger partial charge in [-0.1, -0.05) is 13.8 Å². The quantitative estimate of drug-likeness (QED) is 0.797. The molecule has 0 aliphatic rings. The molecule has 0 amide bonds. The number of hydrogen-bond donors (Lipinski definition) is 1. The molecule has 0 aliphatic heterocycles. The number of aryl methyl sites for hydroxylation is 1. The first-order chi connectivity index (χ1) is 6.65. The number of nitrogens with zero attached hydrogens (tertiary/aromatic N) is 1. The summed E-state index contributed by atoms with van der Waals surface area (Å²) < 4.78 is 5.34. The van der Waals surface area contributed by atoms with Gasteiger partial charge in [0.15, 0.2) is 0 Å². The average molecular weight is 195 g/mol. The Kier molecular flexibility index (Phi) is 3.89. The summed E-state index contributed by atoms with van der Waals surface area (Å²) in [5.74, 6) is 1.02. The van der Waals surface area contributed by atoms with Gasteiger partial charge in [0.1, 0.15) is 6.61 Å². The van der Waals surface area contributed by atoms with Crippen molar-refractivity contribution in [2.75, 3.05) is 13.2 Å². The molecule has 0 bridgehead atoms. The first-order valence-corrected chi connectivity index (χ1v) is 4.85. The van der Waals surface area contributed by atoms with Crippen molar-refractivity contribution in [2.24, 2.45) is 0 Å². The number of ether oxygens (including phenoxy) is 1. The van der Waals surface area contributed by atoms with Crippen molar-refractivity contribution in [1.29, 1.82) is 0 Å². The van der Waals surface area contributed by atoms with E-state index in [9.17, 15) is 0 Å². The Balaban J connectivity index is 2.90. The lowest BCUT2D eigenvalue weighted by atomic mass is 10.0. The minimum atomic E-state index is 0.0209. The normalized spacial score (nSPS) is 10.6. The molecular weight excluding hydrogens is 178 g/mol. The molecule has 0 aliphatic carbocycles. The van der Waals surface area contributed by atoms with Crippen molar-refractivity contribution in [2.45, 2.75) is 26.7 Å². The molecule has 1 aromatic heterocycles. The second-order valence-corrected chi connectivity index (χ2v) is 3.63. The highest BCUT2D eigenvalue weighted by molar-refractivity contribution is 5.31. The van der Waals surface area contributed by atoms with Gasteiger partial charge in [0, 0.05) is 11.8 Å². The lowest BCUT2D eigenvalue weighted by molar-refractivity contribution is 0.195. The molecule has 0 unspecified atom stereocenters. The minimum Gasteiger partial charge on any atom is -0.475 e. The summed E-state index contributed by atoms with van der Waals surface area (Å²) >= 11 is 0. The minimum absolute atomic E-state index is 0.0209. The van der Waals surface area contributed by atoms with Crippen molar-refractivity contribution in [3.05, 3.63) is 23.4 Å². The second-order valence-electron chi connectivity index (χ2n) is 3.63. The molecule has 1 aromatic rings. The van der Waals surface area contributed by atoms with E-state index in [0.717, 1.165) is 11.1 Å². The van der Waals surface area contributed by atoms with E-state index in [2.05, 4.69) is 24.9 Å². The molecule has 0 saturated heterocycles. The zero-order valence-electron chi connectivity index (χ0n) is 8.95. The summed E-state index contributed by atoms with van der Waals surface area (Å²) in [6, 6.07) is 2.07. The van der Waals surface area contributed by atoms with Crippen LogP contribution in [0.3, 0.4) is 0 Å². The van der Waals surface area contributed by atoms with Crippen LogP contribution in [0.1, 0.15) is 30.9 Å². The van der Waals surface area contributed by atoms with Crippen molar-refractivity contribution in [3.8, 4) is 5.88 Å². The smallest absolute Gasteiger partial charge is 0.216 e. The van der Waals surface area contributed by atoms with Crippen LogP contribution in [0.5, 0.6) is 5.88 Å². The molecule has 3 heteroatoms. The Morgan fingerprint density at radius 1 is 1.50 bits per heavy atom. The van der Waals surface area contributed by atoms with Crippen molar-refractivity contribution in [1.82, 2.24) is 4.98 Å². The predicted octanol–water partition coefficient (Wildman–Crippen LogP) is 1.88. The molecule has 0 atom stereocenters. The Labute approximate surface area is 84.7 Å². The van der Waals surface area contributed by atoms with Crippen LogP contribution in [0.4, 0.5) is 0 Å². The first-order valence-electron chi connectivity index (χ1n) is 4.85. The molecule has 1 heterocycles. The molecule has 0 spiro atoms. The third-order valence-corrected chi connectivity index (χ3v) is 1.97. The monoisotopic (exact) mass is 195 g/mol. The van der Waals surface area contributed by atoms with Crippen LogP contribution in [0, 0.1) is 6.92 Å². The van der Waals surface area contributed by atoms with E-state index in [4.69, 9.17) is 9.84 Å². The van der Waals surface area contributed by atoms with Gasteiger partial charge in [-0.05, 0) is 24.5 Å². The van der Waals surface area contributed by atoms with E-state index >= 15 is 0 Å². The number of rotatable bonds is 4. The van der Waals surface area contributed by atoms with Crippen LogP contribution in [0.2, 0.25) is 0 Å². The molecule has 0 aromatic carbocycles. The van der Waals surface area contributed by atoms with E-state index in [-0.39, 0.29) is 6.61 Å². The maximum Gasteiger partial charge on any atom is 0.216 e. The van der Waals surface area contributed by atoms with Crippen LogP contribution in [-0.4, -0.2) is 23.3 Å². The topological polar surface area (TPSA) is 42.4 Å². The van der Waals surface area contributed by atoms with Crippen LogP contribution < -0.4 is 4.74 Å². The van der Waals surface area contributed by atoms with Crippen LogP contribution >= 0.6 is 0 Å². The molecule has 14 heavy (non-hydrogen) atoms. The van der Waals surface area contributed by atoms with Crippen LogP contribution in [0.25, 0.3) is 0 Å². The highest BCUT2D eigenvalue weighted by Gasteiger charge is 2.09. The van der Waals surface area contributed by atoms with Gasteiger partial charge < -0.3 is 9.84 Å². The number of hydrogen-bond acceptors (Lipinski definition) is 3. The molecule has 1 rings (SSSR count). The molecule has 0 radical (unpaired) electrons. The number of aliphatic hydroxyl groups is 1.